The van der Waals surface area contributed by atoms with Crippen molar-refractivity contribution < 1.29 is 28.6 Å². The molecule has 0 amide bonds. The number of hydrogen-bond acceptors (Lipinski definition) is 8. The lowest BCUT2D eigenvalue weighted by Crippen LogP contribution is -2.26. The van der Waals surface area contributed by atoms with E-state index in [2.05, 4.69) is 17.1 Å². The summed E-state index contributed by atoms with van der Waals surface area (Å²) in [5.41, 5.74) is 2.17. The van der Waals surface area contributed by atoms with Crippen LogP contribution in [0.5, 0.6) is 11.5 Å². The number of pyridine rings is 1. The molecule has 3 atom stereocenters. The number of thioether (sulfide) groups is 1. The van der Waals surface area contributed by atoms with Crippen molar-refractivity contribution in [3.63, 3.8) is 0 Å². The van der Waals surface area contributed by atoms with Crippen molar-refractivity contribution in [3.05, 3.63) is 89.7 Å². The molecule has 3 rings (SSSR count). The van der Waals surface area contributed by atoms with Crippen molar-refractivity contribution in [2.45, 2.75) is 44.3 Å². The quantitative estimate of drug-likeness (QED) is 0.217. The van der Waals surface area contributed by atoms with Crippen LogP contribution < -0.4 is 9.47 Å². The Morgan fingerprint density at radius 3 is 2.22 bits per heavy atom. The average Bonchev–Trinajstić information content (AvgIpc) is 2.89. The van der Waals surface area contributed by atoms with Crippen molar-refractivity contribution in [2.75, 3.05) is 7.11 Å². The lowest BCUT2D eigenvalue weighted by atomic mass is 10.0. The maximum atomic E-state index is 13.0. The highest BCUT2D eigenvalue weighted by Gasteiger charge is 2.29. The Hall–Kier alpha value is -3.65. The highest BCUT2D eigenvalue weighted by atomic mass is 32.2. The van der Waals surface area contributed by atoms with Crippen molar-refractivity contribution in [2.24, 2.45) is 5.92 Å². The zero-order chi connectivity index (χ0) is 26.8. The van der Waals surface area contributed by atoms with Crippen LogP contribution in [-0.2, 0) is 20.1 Å². The second-order valence-electron chi connectivity index (χ2n) is 8.58. The number of Topliss-reactive ketones (excluding diaryl/α,β-unsaturated/α-hetero) is 1. The molecule has 0 fully saturated rings. The molecule has 2 aromatic carbocycles. The molecule has 0 aliphatic rings. The molecule has 0 aliphatic carbocycles. The molecule has 37 heavy (non-hydrogen) atoms. The van der Waals surface area contributed by atoms with Gasteiger partial charge in [-0.2, -0.15) is 0 Å². The lowest BCUT2D eigenvalue weighted by Gasteiger charge is -2.25. The Bertz CT molecular complexity index is 1200. The zero-order valence-electron chi connectivity index (χ0n) is 21.4. The summed E-state index contributed by atoms with van der Waals surface area (Å²) in [6.45, 7) is 4.72. The maximum Gasteiger partial charge on any atom is 0.309 e. The fourth-order valence-corrected chi connectivity index (χ4v) is 5.00. The SMILES string of the molecule is COc1ccnc(C(=O)C[C@@H](C)C(=O)O[C@@H](C)[C@H](SCc2ccccc2)c2ccccc2)c1OC(C)=O. The van der Waals surface area contributed by atoms with Crippen LogP contribution in [0.25, 0.3) is 0 Å². The molecule has 0 radical (unpaired) electrons. The van der Waals surface area contributed by atoms with Crippen molar-refractivity contribution in [1.29, 1.82) is 0 Å². The van der Waals surface area contributed by atoms with E-state index in [-0.39, 0.29) is 28.9 Å². The average molecular weight is 522 g/mol. The Labute approximate surface area is 221 Å². The molecular formula is C29H31NO6S. The van der Waals surface area contributed by atoms with Crippen LogP contribution in [0.3, 0.4) is 0 Å². The molecule has 0 unspecified atom stereocenters. The van der Waals surface area contributed by atoms with Crippen LogP contribution in [0.15, 0.2) is 72.9 Å². The molecule has 0 bridgehead atoms. The van der Waals surface area contributed by atoms with Gasteiger partial charge in [0.15, 0.2) is 17.2 Å². The number of ketones is 1. The van der Waals surface area contributed by atoms with Crippen LogP contribution >= 0.6 is 11.8 Å². The number of carbonyl (C=O) groups excluding carboxylic acids is 3. The molecule has 194 valence electrons. The topological polar surface area (TPSA) is 91.8 Å². The van der Waals surface area contributed by atoms with Crippen LogP contribution in [0.2, 0.25) is 0 Å². The summed E-state index contributed by atoms with van der Waals surface area (Å²) >= 11 is 1.70. The standard InChI is InChI=1S/C29H31NO6S/c1-19(17-24(32)26-27(36-21(3)31)25(34-4)15-16-30-26)29(33)35-20(2)28(23-13-9-6-10-14-23)37-18-22-11-7-5-8-12-22/h5-16,19-20,28H,17-18H2,1-4H3/t19-,20+,28+/m1/s1. The van der Waals surface area contributed by atoms with E-state index in [1.807, 2.05) is 55.5 Å². The van der Waals surface area contributed by atoms with Gasteiger partial charge in [0.05, 0.1) is 18.3 Å². The third kappa shape index (κ3) is 7.92. The Kier molecular flexibility index (Phi) is 10.3. The van der Waals surface area contributed by atoms with E-state index in [9.17, 15) is 14.4 Å². The summed E-state index contributed by atoms with van der Waals surface area (Å²) in [5.74, 6) is -1.37. The van der Waals surface area contributed by atoms with Gasteiger partial charge in [0, 0.05) is 31.4 Å². The smallest absolute Gasteiger partial charge is 0.309 e. The van der Waals surface area contributed by atoms with Gasteiger partial charge in [-0.15, -0.1) is 11.8 Å². The van der Waals surface area contributed by atoms with Gasteiger partial charge >= 0.3 is 11.9 Å². The Balaban J connectivity index is 1.69. The van der Waals surface area contributed by atoms with Gasteiger partial charge < -0.3 is 14.2 Å². The number of esters is 2. The van der Waals surface area contributed by atoms with Gasteiger partial charge in [-0.25, -0.2) is 4.98 Å². The molecule has 0 saturated heterocycles. The summed E-state index contributed by atoms with van der Waals surface area (Å²) in [6.07, 6.45) is 0.791. The Morgan fingerprint density at radius 1 is 0.946 bits per heavy atom. The number of carbonyl (C=O) groups is 3. The number of rotatable bonds is 12. The predicted octanol–water partition coefficient (Wildman–Crippen LogP) is 5.83. The first-order valence-corrected chi connectivity index (χ1v) is 13.0. The van der Waals surface area contributed by atoms with Crippen LogP contribution in [0.4, 0.5) is 0 Å². The van der Waals surface area contributed by atoms with Gasteiger partial charge in [0.25, 0.3) is 0 Å². The minimum atomic E-state index is -0.733. The molecular weight excluding hydrogens is 490 g/mol. The van der Waals surface area contributed by atoms with Crippen LogP contribution in [0, 0.1) is 5.92 Å². The van der Waals surface area contributed by atoms with Gasteiger partial charge in [-0.05, 0) is 18.1 Å². The Morgan fingerprint density at radius 2 is 1.59 bits per heavy atom. The molecule has 8 heteroatoms. The third-order valence-corrected chi connectivity index (χ3v) is 7.14. The first kappa shape index (κ1) is 27.9. The number of benzene rings is 2. The molecule has 7 nitrogen and oxygen atoms in total. The second-order valence-corrected chi connectivity index (χ2v) is 9.71. The van der Waals surface area contributed by atoms with Crippen LogP contribution in [-0.4, -0.2) is 35.9 Å². The van der Waals surface area contributed by atoms with E-state index < -0.39 is 29.7 Å². The first-order chi connectivity index (χ1) is 17.8. The van der Waals surface area contributed by atoms with Gasteiger partial charge in [0.1, 0.15) is 6.10 Å². The molecule has 3 aromatic rings. The monoisotopic (exact) mass is 521 g/mol. The van der Waals surface area contributed by atoms with Crippen molar-refractivity contribution in [3.8, 4) is 11.5 Å². The number of ether oxygens (including phenoxy) is 3. The lowest BCUT2D eigenvalue weighted by molar-refractivity contribution is -0.152. The number of hydrogen-bond donors (Lipinski definition) is 0. The minimum absolute atomic E-state index is 0.0575. The fraction of sp³-hybridized carbons (Fsp3) is 0.310. The molecule has 1 aromatic heterocycles. The number of nitrogens with zero attached hydrogens (tertiary/aromatic N) is 1. The summed E-state index contributed by atoms with van der Waals surface area (Å²) in [7, 11) is 1.40. The highest BCUT2D eigenvalue weighted by Crippen LogP contribution is 2.36. The summed E-state index contributed by atoms with van der Waals surface area (Å²) in [4.78, 5) is 41.6. The van der Waals surface area contributed by atoms with Crippen LogP contribution in [0.1, 0.15) is 54.1 Å². The molecule has 0 spiro atoms. The van der Waals surface area contributed by atoms with E-state index in [1.165, 1.54) is 31.9 Å². The van der Waals surface area contributed by atoms with E-state index >= 15 is 0 Å². The highest BCUT2D eigenvalue weighted by molar-refractivity contribution is 7.98. The predicted molar refractivity (Wildman–Crippen MR) is 143 cm³/mol. The molecule has 0 saturated carbocycles. The van der Waals surface area contributed by atoms with E-state index in [0.29, 0.717) is 0 Å². The molecule has 0 N–H and O–H groups in total. The van der Waals surface area contributed by atoms with E-state index in [4.69, 9.17) is 14.2 Å². The van der Waals surface area contributed by atoms with Crippen molar-refractivity contribution in [1.82, 2.24) is 4.98 Å². The summed E-state index contributed by atoms with van der Waals surface area (Å²) < 4.78 is 16.2. The first-order valence-electron chi connectivity index (χ1n) is 12.0. The van der Waals surface area contributed by atoms with Gasteiger partial charge in [-0.3, -0.25) is 14.4 Å². The number of methoxy groups -OCH3 is 1. The summed E-state index contributed by atoms with van der Waals surface area (Å²) in [6, 6.07) is 21.5. The van der Waals surface area contributed by atoms with Crippen molar-refractivity contribution >= 4 is 29.5 Å². The number of aromatic nitrogens is 1. The maximum absolute atomic E-state index is 13.0. The normalized spacial score (nSPS) is 13.2. The second kappa shape index (κ2) is 13.6. The summed E-state index contributed by atoms with van der Waals surface area (Å²) in [5, 5.41) is -0.0936. The van der Waals surface area contributed by atoms with E-state index in [1.54, 1.807) is 18.7 Å². The fourth-order valence-electron chi connectivity index (χ4n) is 3.76. The zero-order valence-corrected chi connectivity index (χ0v) is 22.2. The van der Waals surface area contributed by atoms with E-state index in [0.717, 1.165) is 11.3 Å². The largest absolute Gasteiger partial charge is 0.493 e. The third-order valence-electron chi connectivity index (χ3n) is 5.62. The minimum Gasteiger partial charge on any atom is -0.493 e. The van der Waals surface area contributed by atoms with Gasteiger partial charge in [0.2, 0.25) is 5.75 Å². The van der Waals surface area contributed by atoms with Gasteiger partial charge in [-0.1, -0.05) is 67.6 Å². The molecule has 0 aliphatic heterocycles. The molecule has 1 heterocycles.